The van der Waals surface area contributed by atoms with Gasteiger partial charge in [0.2, 0.25) is 0 Å². The quantitative estimate of drug-likeness (QED) is 0.774. The molecule has 0 unspecified atom stereocenters. The maximum absolute atomic E-state index is 12.4. The number of rotatable bonds is 6. The summed E-state index contributed by atoms with van der Waals surface area (Å²) in [5, 5.41) is 2.72. The van der Waals surface area contributed by atoms with Gasteiger partial charge in [0.25, 0.3) is 5.91 Å². The Morgan fingerprint density at radius 2 is 1.96 bits per heavy atom. The third-order valence-electron chi connectivity index (χ3n) is 3.14. The summed E-state index contributed by atoms with van der Waals surface area (Å²) in [5.41, 5.74) is 1.00. The van der Waals surface area contributed by atoms with Crippen molar-refractivity contribution < 1.29 is 26.9 Å². The van der Waals surface area contributed by atoms with Gasteiger partial charge in [-0.25, -0.2) is 0 Å². The van der Waals surface area contributed by atoms with Gasteiger partial charge < -0.3 is 10.1 Å². The van der Waals surface area contributed by atoms with Gasteiger partial charge in [0.05, 0.1) is 5.69 Å². The van der Waals surface area contributed by atoms with Crippen LogP contribution in [0.25, 0.3) is 0 Å². The summed E-state index contributed by atoms with van der Waals surface area (Å²) >= 11 is 5.86. The van der Waals surface area contributed by atoms with Crippen LogP contribution in [0.2, 0.25) is 5.02 Å². The lowest BCUT2D eigenvalue weighted by molar-refractivity contribution is -0.153. The van der Waals surface area contributed by atoms with E-state index in [-0.39, 0.29) is 27.8 Å². The molecule has 0 aliphatic rings. The van der Waals surface area contributed by atoms with E-state index in [2.05, 4.69) is 5.32 Å². The van der Waals surface area contributed by atoms with Crippen molar-refractivity contribution >= 4 is 34.0 Å². The lowest BCUT2D eigenvalue weighted by Gasteiger charge is -2.14. The van der Waals surface area contributed by atoms with Gasteiger partial charge in [-0.15, -0.1) is 0 Å². The monoisotopic (exact) mass is 405 g/mol. The fraction of sp³-hybridized carbons (Fsp3) is 0.235. The first kappa shape index (κ1) is 20.3. The molecular formula is C17H15ClF3NO3S. The molecule has 1 amide bonds. The number of carbonyl (C=O) groups excluding carboxylic acids is 1. The molecule has 26 heavy (non-hydrogen) atoms. The van der Waals surface area contributed by atoms with Crippen LogP contribution in [-0.2, 0) is 16.6 Å². The molecule has 0 bridgehead atoms. The summed E-state index contributed by atoms with van der Waals surface area (Å²) in [6, 6.07) is 10.4. The molecule has 9 heteroatoms. The van der Waals surface area contributed by atoms with Crippen LogP contribution in [-0.4, -0.2) is 29.2 Å². The molecule has 0 fully saturated rings. The Labute approximate surface area is 155 Å². The smallest absolute Gasteiger partial charge is 0.422 e. The number of anilines is 1. The number of ether oxygens (including phenoxy) is 1. The molecule has 0 aliphatic heterocycles. The highest BCUT2D eigenvalue weighted by Gasteiger charge is 2.29. The number of alkyl halides is 3. The number of benzene rings is 2. The van der Waals surface area contributed by atoms with Gasteiger partial charge in [-0.05, 0) is 35.9 Å². The molecule has 0 aromatic heterocycles. The van der Waals surface area contributed by atoms with E-state index in [1.54, 1.807) is 24.5 Å². The molecule has 0 saturated carbocycles. The van der Waals surface area contributed by atoms with Crippen molar-refractivity contribution in [2.75, 3.05) is 18.2 Å². The second-order valence-corrected chi connectivity index (χ2v) is 7.29. The topological polar surface area (TPSA) is 55.4 Å². The Morgan fingerprint density at radius 1 is 1.23 bits per heavy atom. The second-order valence-electron chi connectivity index (χ2n) is 5.42. The summed E-state index contributed by atoms with van der Waals surface area (Å²) in [4.78, 5) is 12.4. The normalized spacial score (nSPS) is 12.5. The van der Waals surface area contributed by atoms with E-state index in [9.17, 15) is 22.2 Å². The number of amides is 1. The van der Waals surface area contributed by atoms with Crippen LogP contribution in [0, 0.1) is 0 Å². The van der Waals surface area contributed by atoms with Crippen molar-refractivity contribution in [1.29, 1.82) is 0 Å². The summed E-state index contributed by atoms with van der Waals surface area (Å²) in [5.74, 6) is -0.406. The van der Waals surface area contributed by atoms with Crippen LogP contribution in [0.5, 0.6) is 5.75 Å². The SMILES string of the molecule is C[S@@](=O)Cc1cccc(C(=O)Nc2cc(Cl)ccc2OCC(F)(F)F)c1. The minimum Gasteiger partial charge on any atom is -0.482 e. The minimum absolute atomic E-state index is 0.0243. The van der Waals surface area contributed by atoms with Crippen LogP contribution >= 0.6 is 11.6 Å². The standard InChI is InChI=1S/C17H15ClF3NO3S/c1-26(24)9-11-3-2-4-12(7-11)16(23)22-14-8-13(18)5-6-15(14)25-10-17(19,20)21/h2-8H,9-10H2,1H3,(H,22,23)/t26-/m1/s1. The van der Waals surface area contributed by atoms with Gasteiger partial charge in [-0.1, -0.05) is 23.7 Å². The molecule has 4 nitrogen and oxygen atoms in total. The zero-order chi connectivity index (χ0) is 19.3. The van der Waals surface area contributed by atoms with Crippen LogP contribution in [0.3, 0.4) is 0 Å². The molecule has 0 heterocycles. The highest BCUT2D eigenvalue weighted by atomic mass is 35.5. The lowest BCUT2D eigenvalue weighted by atomic mass is 10.1. The molecule has 0 spiro atoms. The molecule has 0 radical (unpaired) electrons. The van der Waals surface area contributed by atoms with Gasteiger partial charge in [0.1, 0.15) is 5.75 Å². The summed E-state index contributed by atoms with van der Waals surface area (Å²) in [6.07, 6.45) is -2.96. The number of carbonyl (C=O) groups is 1. The molecule has 140 valence electrons. The molecule has 0 saturated heterocycles. The van der Waals surface area contributed by atoms with Crippen molar-refractivity contribution in [3.63, 3.8) is 0 Å². The zero-order valence-corrected chi connectivity index (χ0v) is 15.2. The van der Waals surface area contributed by atoms with E-state index in [1.807, 2.05) is 0 Å². The predicted molar refractivity (Wildman–Crippen MR) is 95.2 cm³/mol. The van der Waals surface area contributed by atoms with Crippen molar-refractivity contribution in [1.82, 2.24) is 0 Å². The average molecular weight is 406 g/mol. The number of halogens is 4. The van der Waals surface area contributed by atoms with Gasteiger partial charge >= 0.3 is 6.18 Å². The minimum atomic E-state index is -4.51. The van der Waals surface area contributed by atoms with Gasteiger partial charge in [-0.2, -0.15) is 13.2 Å². The summed E-state index contributed by atoms with van der Waals surface area (Å²) in [7, 11) is -1.07. The highest BCUT2D eigenvalue weighted by molar-refractivity contribution is 7.83. The third-order valence-corrected chi connectivity index (χ3v) is 4.12. The first-order chi connectivity index (χ1) is 12.1. The largest absolute Gasteiger partial charge is 0.482 e. The maximum Gasteiger partial charge on any atom is 0.422 e. The Bertz CT molecular complexity index is 827. The van der Waals surface area contributed by atoms with E-state index in [0.29, 0.717) is 5.56 Å². The Hall–Kier alpha value is -2.06. The van der Waals surface area contributed by atoms with Crippen LogP contribution in [0.4, 0.5) is 18.9 Å². The van der Waals surface area contributed by atoms with E-state index < -0.39 is 29.5 Å². The van der Waals surface area contributed by atoms with E-state index in [1.165, 1.54) is 24.3 Å². The molecule has 0 aliphatic carbocycles. The van der Waals surface area contributed by atoms with E-state index >= 15 is 0 Å². The van der Waals surface area contributed by atoms with Crippen LogP contribution in [0.15, 0.2) is 42.5 Å². The van der Waals surface area contributed by atoms with Crippen molar-refractivity contribution in [2.45, 2.75) is 11.9 Å². The van der Waals surface area contributed by atoms with Crippen molar-refractivity contribution in [3.05, 3.63) is 58.6 Å². The summed E-state index contributed by atoms with van der Waals surface area (Å²) < 4.78 is 53.1. The predicted octanol–water partition coefficient (Wildman–Crippen LogP) is 4.41. The highest BCUT2D eigenvalue weighted by Crippen LogP contribution is 2.30. The van der Waals surface area contributed by atoms with Crippen molar-refractivity contribution in [2.24, 2.45) is 0 Å². The number of nitrogens with one attached hydrogen (secondary N) is 1. The van der Waals surface area contributed by atoms with E-state index in [0.717, 1.165) is 0 Å². The molecule has 2 aromatic carbocycles. The average Bonchev–Trinajstić information content (AvgIpc) is 2.53. The number of hydrogen-bond donors (Lipinski definition) is 1. The third kappa shape index (κ3) is 6.34. The first-order valence-corrected chi connectivity index (χ1v) is 9.44. The Kier molecular flexibility index (Phi) is 6.66. The Balaban J connectivity index is 2.20. The van der Waals surface area contributed by atoms with Gasteiger partial charge in [0.15, 0.2) is 6.61 Å². The lowest BCUT2D eigenvalue weighted by Crippen LogP contribution is -2.20. The zero-order valence-electron chi connectivity index (χ0n) is 13.6. The molecular weight excluding hydrogens is 391 g/mol. The van der Waals surface area contributed by atoms with Crippen LogP contribution in [0.1, 0.15) is 15.9 Å². The molecule has 1 N–H and O–H groups in total. The second kappa shape index (κ2) is 8.55. The Morgan fingerprint density at radius 3 is 2.62 bits per heavy atom. The number of hydrogen-bond acceptors (Lipinski definition) is 3. The maximum atomic E-state index is 12.4. The van der Waals surface area contributed by atoms with Crippen molar-refractivity contribution in [3.8, 4) is 5.75 Å². The molecule has 2 aromatic rings. The molecule has 1 atom stereocenters. The fourth-order valence-corrected chi connectivity index (χ4v) is 2.94. The summed E-state index contributed by atoms with van der Waals surface area (Å²) in [6.45, 7) is -1.49. The first-order valence-electron chi connectivity index (χ1n) is 7.33. The molecule has 2 rings (SSSR count). The van der Waals surface area contributed by atoms with E-state index in [4.69, 9.17) is 16.3 Å². The fourth-order valence-electron chi connectivity index (χ4n) is 2.12. The van der Waals surface area contributed by atoms with Gasteiger partial charge in [0, 0.05) is 33.4 Å². The van der Waals surface area contributed by atoms with Gasteiger partial charge in [-0.3, -0.25) is 9.00 Å². The van der Waals surface area contributed by atoms with Crippen LogP contribution < -0.4 is 10.1 Å².